The molecule has 0 aliphatic carbocycles. The number of rotatable bonds is 3. The van der Waals surface area contributed by atoms with Crippen molar-refractivity contribution in [3.8, 4) is 0 Å². The average Bonchev–Trinajstić information content (AvgIpc) is 2.82. The second kappa shape index (κ2) is 6.14. The predicted octanol–water partition coefficient (Wildman–Crippen LogP) is 1.10. The minimum Gasteiger partial charge on any atom is -0.301 e. The number of hydrogen-bond acceptors (Lipinski definition) is 4. The lowest BCUT2D eigenvalue weighted by Crippen LogP contribution is -2.52. The van der Waals surface area contributed by atoms with Crippen molar-refractivity contribution in [2.75, 3.05) is 37.6 Å². The first-order valence-corrected chi connectivity index (χ1v) is 7.69. The molecule has 1 aromatic carbocycles. The summed E-state index contributed by atoms with van der Waals surface area (Å²) in [4.78, 5) is 30.3. The van der Waals surface area contributed by atoms with E-state index in [1.54, 1.807) is 6.07 Å². The zero-order chi connectivity index (χ0) is 15.7. The summed E-state index contributed by atoms with van der Waals surface area (Å²) in [5, 5.41) is 0. The van der Waals surface area contributed by atoms with E-state index in [0.29, 0.717) is 5.69 Å². The van der Waals surface area contributed by atoms with Gasteiger partial charge >= 0.3 is 0 Å². The highest BCUT2D eigenvalue weighted by atomic mass is 19.1. The van der Waals surface area contributed by atoms with Crippen molar-refractivity contribution in [1.82, 2.24) is 9.80 Å². The molecule has 6 heteroatoms. The molecule has 2 fully saturated rings. The predicted molar refractivity (Wildman–Crippen MR) is 81.0 cm³/mol. The fourth-order valence-electron chi connectivity index (χ4n) is 3.18. The SMILES string of the molecule is CCN1CCN([C@@H]2CC(=O)N(c3cccc(F)c3)C2=O)CC1. The number of benzene rings is 1. The molecule has 0 saturated carbocycles. The monoisotopic (exact) mass is 305 g/mol. The Balaban J connectivity index is 1.75. The number of carbonyl (C=O) groups excluding carboxylic acids is 2. The average molecular weight is 305 g/mol. The number of piperazine rings is 1. The van der Waals surface area contributed by atoms with Crippen LogP contribution in [0.25, 0.3) is 0 Å². The summed E-state index contributed by atoms with van der Waals surface area (Å²) in [6.45, 7) is 6.51. The maximum absolute atomic E-state index is 13.3. The molecule has 0 N–H and O–H groups in total. The highest BCUT2D eigenvalue weighted by Gasteiger charge is 2.43. The lowest BCUT2D eigenvalue weighted by atomic mass is 10.1. The highest BCUT2D eigenvalue weighted by molar-refractivity contribution is 6.22. The molecule has 0 bridgehead atoms. The van der Waals surface area contributed by atoms with Gasteiger partial charge < -0.3 is 4.90 Å². The summed E-state index contributed by atoms with van der Waals surface area (Å²) in [7, 11) is 0. The minimum atomic E-state index is -0.446. The topological polar surface area (TPSA) is 43.9 Å². The Kier molecular flexibility index (Phi) is 4.22. The Morgan fingerprint density at radius 1 is 1.18 bits per heavy atom. The van der Waals surface area contributed by atoms with E-state index in [-0.39, 0.29) is 18.2 Å². The van der Waals surface area contributed by atoms with Gasteiger partial charge in [0.15, 0.2) is 0 Å². The van der Waals surface area contributed by atoms with Gasteiger partial charge in [-0.15, -0.1) is 0 Å². The van der Waals surface area contributed by atoms with E-state index in [1.165, 1.54) is 18.2 Å². The quantitative estimate of drug-likeness (QED) is 0.784. The van der Waals surface area contributed by atoms with E-state index in [0.717, 1.165) is 37.6 Å². The van der Waals surface area contributed by atoms with Gasteiger partial charge in [0.25, 0.3) is 5.91 Å². The van der Waals surface area contributed by atoms with Gasteiger partial charge in [-0.1, -0.05) is 13.0 Å². The van der Waals surface area contributed by atoms with Crippen LogP contribution in [-0.4, -0.2) is 60.4 Å². The maximum atomic E-state index is 13.3. The van der Waals surface area contributed by atoms with Crippen LogP contribution in [0, 0.1) is 5.82 Å². The molecule has 0 aromatic heterocycles. The lowest BCUT2D eigenvalue weighted by molar-refractivity contribution is -0.123. The fourth-order valence-corrected chi connectivity index (χ4v) is 3.18. The van der Waals surface area contributed by atoms with Crippen molar-refractivity contribution in [2.24, 2.45) is 0 Å². The number of hydrogen-bond donors (Lipinski definition) is 0. The summed E-state index contributed by atoms with van der Waals surface area (Å²) in [6, 6.07) is 5.23. The van der Waals surface area contributed by atoms with Crippen molar-refractivity contribution < 1.29 is 14.0 Å². The fraction of sp³-hybridized carbons (Fsp3) is 0.500. The largest absolute Gasteiger partial charge is 0.301 e. The summed E-state index contributed by atoms with van der Waals surface area (Å²) in [5.41, 5.74) is 0.324. The number of anilines is 1. The molecule has 118 valence electrons. The molecule has 2 saturated heterocycles. The van der Waals surface area contributed by atoms with Crippen LogP contribution in [0.4, 0.5) is 10.1 Å². The van der Waals surface area contributed by atoms with Gasteiger partial charge in [-0.05, 0) is 24.7 Å². The number of nitrogens with zero attached hydrogens (tertiary/aromatic N) is 3. The first-order valence-electron chi connectivity index (χ1n) is 7.69. The van der Waals surface area contributed by atoms with Crippen molar-refractivity contribution in [2.45, 2.75) is 19.4 Å². The summed E-state index contributed by atoms with van der Waals surface area (Å²) in [6.07, 6.45) is 0.182. The molecule has 0 unspecified atom stereocenters. The van der Waals surface area contributed by atoms with E-state index in [9.17, 15) is 14.0 Å². The third-order valence-corrected chi connectivity index (χ3v) is 4.48. The Morgan fingerprint density at radius 3 is 2.55 bits per heavy atom. The van der Waals surface area contributed by atoms with Gasteiger partial charge in [0.2, 0.25) is 5.91 Å². The van der Waals surface area contributed by atoms with Crippen molar-refractivity contribution >= 4 is 17.5 Å². The molecule has 2 aliphatic rings. The van der Waals surface area contributed by atoms with Crippen LogP contribution < -0.4 is 4.90 Å². The Hall–Kier alpha value is -1.79. The minimum absolute atomic E-state index is 0.182. The van der Waals surface area contributed by atoms with E-state index >= 15 is 0 Å². The van der Waals surface area contributed by atoms with Gasteiger partial charge in [-0.25, -0.2) is 9.29 Å². The second-order valence-electron chi connectivity index (χ2n) is 5.74. The van der Waals surface area contributed by atoms with E-state index < -0.39 is 11.9 Å². The standard InChI is InChI=1S/C16H20FN3O2/c1-2-18-6-8-19(9-7-18)14-11-15(21)20(16(14)22)13-5-3-4-12(17)10-13/h3-5,10,14H,2,6-9,11H2,1H3/t14-/m1/s1. The molecule has 2 amide bonds. The van der Waals surface area contributed by atoms with Crippen molar-refractivity contribution in [1.29, 1.82) is 0 Å². The molecule has 2 aliphatic heterocycles. The van der Waals surface area contributed by atoms with Gasteiger partial charge in [-0.2, -0.15) is 0 Å². The van der Waals surface area contributed by atoms with E-state index in [1.807, 2.05) is 0 Å². The van der Waals surface area contributed by atoms with Crippen LogP contribution in [0.5, 0.6) is 0 Å². The van der Waals surface area contributed by atoms with Gasteiger partial charge in [0.05, 0.1) is 18.2 Å². The molecule has 22 heavy (non-hydrogen) atoms. The molecule has 1 atom stereocenters. The van der Waals surface area contributed by atoms with E-state index in [2.05, 4.69) is 16.7 Å². The smallest absolute Gasteiger partial charge is 0.251 e. The Labute approximate surface area is 129 Å². The summed E-state index contributed by atoms with van der Waals surface area (Å²) < 4.78 is 13.3. The third-order valence-electron chi connectivity index (χ3n) is 4.48. The zero-order valence-electron chi connectivity index (χ0n) is 12.7. The molecule has 0 radical (unpaired) electrons. The Bertz CT molecular complexity index is 585. The Morgan fingerprint density at radius 2 is 1.91 bits per heavy atom. The molecular weight excluding hydrogens is 285 g/mol. The number of imide groups is 1. The number of carbonyl (C=O) groups is 2. The van der Waals surface area contributed by atoms with Crippen LogP contribution in [0.15, 0.2) is 24.3 Å². The molecule has 1 aromatic rings. The second-order valence-corrected chi connectivity index (χ2v) is 5.74. The van der Waals surface area contributed by atoms with Crippen LogP contribution in [0.1, 0.15) is 13.3 Å². The molecule has 0 spiro atoms. The first kappa shape index (κ1) is 15.1. The van der Waals surface area contributed by atoms with E-state index in [4.69, 9.17) is 0 Å². The maximum Gasteiger partial charge on any atom is 0.251 e. The molecule has 5 nitrogen and oxygen atoms in total. The number of halogens is 1. The normalized spacial score (nSPS) is 24.3. The third kappa shape index (κ3) is 2.76. The van der Waals surface area contributed by atoms with Crippen molar-refractivity contribution in [3.63, 3.8) is 0 Å². The summed E-state index contributed by atoms with van der Waals surface area (Å²) in [5.74, 6) is -0.933. The zero-order valence-corrected chi connectivity index (χ0v) is 12.7. The van der Waals surface area contributed by atoms with Gasteiger partial charge in [0.1, 0.15) is 5.82 Å². The summed E-state index contributed by atoms with van der Waals surface area (Å²) >= 11 is 0. The molecular formula is C16H20FN3O2. The van der Waals surface area contributed by atoms with Gasteiger partial charge in [-0.3, -0.25) is 14.5 Å². The van der Waals surface area contributed by atoms with Crippen LogP contribution >= 0.6 is 0 Å². The molecule has 2 heterocycles. The number of likely N-dealkylation sites (N-methyl/N-ethyl adjacent to an activating group) is 1. The first-order chi connectivity index (χ1) is 10.6. The van der Waals surface area contributed by atoms with Gasteiger partial charge in [0, 0.05) is 26.2 Å². The lowest BCUT2D eigenvalue weighted by Gasteiger charge is -2.36. The van der Waals surface area contributed by atoms with Crippen LogP contribution in [0.3, 0.4) is 0 Å². The van der Waals surface area contributed by atoms with Crippen molar-refractivity contribution in [3.05, 3.63) is 30.1 Å². The highest BCUT2D eigenvalue weighted by Crippen LogP contribution is 2.26. The van der Waals surface area contributed by atoms with Crippen LogP contribution in [-0.2, 0) is 9.59 Å². The molecule has 3 rings (SSSR count). The van der Waals surface area contributed by atoms with Crippen LogP contribution in [0.2, 0.25) is 0 Å². The number of amides is 2.